The van der Waals surface area contributed by atoms with Crippen LogP contribution in [0.1, 0.15) is 29.0 Å². The van der Waals surface area contributed by atoms with Crippen LogP contribution in [0.4, 0.5) is 0 Å². The van der Waals surface area contributed by atoms with Gasteiger partial charge in [0.1, 0.15) is 5.58 Å². The Morgan fingerprint density at radius 1 is 1.07 bits per heavy atom. The van der Waals surface area contributed by atoms with E-state index in [0.717, 1.165) is 47.3 Å². The predicted molar refractivity (Wildman–Crippen MR) is 124 cm³/mol. The van der Waals surface area contributed by atoms with Crippen LogP contribution in [0, 0.1) is 5.92 Å². The lowest BCUT2D eigenvalue weighted by molar-refractivity contribution is 0.0607. The summed E-state index contributed by atoms with van der Waals surface area (Å²) in [5, 5.41) is 4.15. The van der Waals surface area contributed by atoms with Gasteiger partial charge in [0.2, 0.25) is 0 Å². The van der Waals surface area contributed by atoms with Gasteiger partial charge < -0.3 is 20.4 Å². The van der Waals surface area contributed by atoms with Gasteiger partial charge in [0.25, 0.3) is 5.91 Å². The minimum Gasteiger partial charge on any atom is -0.450 e. The highest BCUT2D eigenvalue weighted by molar-refractivity contribution is 6.00. The molecule has 3 saturated heterocycles. The Morgan fingerprint density at radius 2 is 1.80 bits per heavy atom. The molecule has 160 valence electrons. The van der Waals surface area contributed by atoms with Gasteiger partial charge in [-0.1, -0.05) is 42.5 Å². The summed E-state index contributed by atoms with van der Waals surface area (Å²) < 4.78 is 6.07. The minimum atomic E-state index is -0.118. The Labute approximate surface area is 188 Å². The molecule has 0 unspecified atom stereocenters. The Kier molecular flexibility index (Phi) is 7.09. The largest absolute Gasteiger partial charge is 0.450 e. The van der Waals surface area contributed by atoms with Crippen LogP contribution in [0.25, 0.3) is 22.1 Å². The number of nitrogens with two attached hydrogens (primary N) is 1. The predicted octanol–water partition coefficient (Wildman–Crippen LogP) is 4.23. The van der Waals surface area contributed by atoms with Gasteiger partial charge in [-0.3, -0.25) is 4.79 Å². The molecule has 2 bridgehead atoms. The molecule has 6 rings (SSSR count). The topological polar surface area (TPSA) is 71.5 Å². The van der Waals surface area contributed by atoms with E-state index in [1.54, 1.807) is 0 Å². The zero-order valence-electron chi connectivity index (χ0n) is 16.7. The van der Waals surface area contributed by atoms with Crippen molar-refractivity contribution in [3.8, 4) is 11.1 Å². The second-order valence-corrected chi connectivity index (χ2v) is 7.91. The summed E-state index contributed by atoms with van der Waals surface area (Å²) in [4.78, 5) is 15.3. The molecule has 3 aromatic rings. The van der Waals surface area contributed by atoms with Gasteiger partial charge >= 0.3 is 0 Å². The molecule has 3 fully saturated rings. The number of halogens is 2. The second kappa shape index (κ2) is 9.40. The number of para-hydroxylation sites is 1. The Morgan fingerprint density at radius 3 is 2.50 bits per heavy atom. The molecule has 0 saturated carbocycles. The maximum atomic E-state index is 12.9. The van der Waals surface area contributed by atoms with E-state index in [1.807, 2.05) is 48.5 Å². The van der Waals surface area contributed by atoms with Crippen LogP contribution in [-0.2, 0) is 6.54 Å². The lowest BCUT2D eigenvalue weighted by Gasteiger charge is -2.44. The molecule has 2 aromatic carbocycles. The minimum absolute atomic E-state index is 0. The third kappa shape index (κ3) is 4.08. The number of carbonyl (C=O) groups is 1. The first-order valence-corrected chi connectivity index (χ1v) is 10.1. The molecular weight excluding hydrogens is 421 g/mol. The first kappa shape index (κ1) is 22.6. The number of piperidine rings is 3. The van der Waals surface area contributed by atoms with E-state index >= 15 is 0 Å². The van der Waals surface area contributed by atoms with Crippen LogP contribution < -0.4 is 11.1 Å². The number of furan rings is 1. The van der Waals surface area contributed by atoms with Crippen molar-refractivity contribution < 1.29 is 9.21 Å². The van der Waals surface area contributed by atoms with Gasteiger partial charge in [-0.25, -0.2) is 0 Å². The smallest absolute Gasteiger partial charge is 0.287 e. The average Bonchev–Trinajstić information content (AvgIpc) is 3.19. The van der Waals surface area contributed by atoms with Crippen molar-refractivity contribution in [1.82, 2.24) is 10.2 Å². The normalized spacial score (nSPS) is 22.2. The summed E-state index contributed by atoms with van der Waals surface area (Å²) in [5.74, 6) is 0.849. The summed E-state index contributed by atoms with van der Waals surface area (Å²) >= 11 is 0. The van der Waals surface area contributed by atoms with Gasteiger partial charge in [-0.2, -0.15) is 0 Å². The fourth-order valence-corrected chi connectivity index (χ4v) is 4.72. The number of hydrogen-bond donors (Lipinski definition) is 2. The van der Waals surface area contributed by atoms with Gasteiger partial charge in [0.15, 0.2) is 5.76 Å². The SMILES string of the molecule is Cl.Cl.NCc1ccccc1-c1cccc2cc(C(=O)N[C@H]3CN4CCC3CC4)oc12. The maximum absolute atomic E-state index is 12.9. The van der Waals surface area contributed by atoms with E-state index in [2.05, 4.69) is 10.2 Å². The van der Waals surface area contributed by atoms with Crippen LogP contribution in [-0.4, -0.2) is 36.5 Å². The van der Waals surface area contributed by atoms with E-state index < -0.39 is 0 Å². The van der Waals surface area contributed by atoms with E-state index in [9.17, 15) is 4.79 Å². The molecule has 3 N–H and O–H groups in total. The van der Waals surface area contributed by atoms with E-state index in [-0.39, 0.29) is 36.8 Å². The van der Waals surface area contributed by atoms with Gasteiger partial charge in [-0.15, -0.1) is 24.8 Å². The number of amides is 1. The third-order valence-corrected chi connectivity index (χ3v) is 6.27. The number of rotatable bonds is 4. The molecule has 1 atom stereocenters. The number of nitrogens with zero attached hydrogens (tertiary/aromatic N) is 1. The highest BCUT2D eigenvalue weighted by atomic mass is 35.5. The first-order chi connectivity index (χ1) is 13.7. The standard InChI is InChI=1S/C23H25N3O2.2ClH/c24-13-17-4-1-2-6-18(17)19-7-3-5-16-12-21(28-22(16)19)23(27)25-20-14-26-10-8-15(20)9-11-26;;/h1-7,12,15,20H,8-11,13-14,24H2,(H,25,27);2*1H/t20-;;/m0../s1. The number of hydrogen-bond acceptors (Lipinski definition) is 4. The zero-order chi connectivity index (χ0) is 19.1. The monoisotopic (exact) mass is 447 g/mol. The van der Waals surface area contributed by atoms with Crippen LogP contribution in [0.2, 0.25) is 0 Å². The van der Waals surface area contributed by atoms with Gasteiger partial charge in [0.05, 0.1) is 0 Å². The molecule has 7 heteroatoms. The van der Waals surface area contributed by atoms with Crippen molar-refractivity contribution in [2.24, 2.45) is 11.7 Å². The summed E-state index contributed by atoms with van der Waals surface area (Å²) in [6.07, 6.45) is 2.34. The van der Waals surface area contributed by atoms with Crippen molar-refractivity contribution in [2.45, 2.75) is 25.4 Å². The van der Waals surface area contributed by atoms with Crippen molar-refractivity contribution in [3.05, 3.63) is 59.9 Å². The molecule has 3 aliphatic rings. The van der Waals surface area contributed by atoms with E-state index in [0.29, 0.717) is 18.2 Å². The highest BCUT2D eigenvalue weighted by Gasteiger charge is 2.35. The molecule has 30 heavy (non-hydrogen) atoms. The van der Waals surface area contributed by atoms with Crippen LogP contribution >= 0.6 is 24.8 Å². The quantitative estimate of drug-likeness (QED) is 0.627. The van der Waals surface area contributed by atoms with Crippen LogP contribution in [0.15, 0.2) is 52.9 Å². The fourth-order valence-electron chi connectivity index (χ4n) is 4.72. The molecule has 0 spiro atoms. The molecule has 0 aliphatic carbocycles. The average molecular weight is 448 g/mol. The molecule has 3 aliphatic heterocycles. The maximum Gasteiger partial charge on any atom is 0.287 e. The first-order valence-electron chi connectivity index (χ1n) is 10.1. The summed E-state index contributed by atoms with van der Waals surface area (Å²) in [6.45, 7) is 3.73. The molecule has 5 nitrogen and oxygen atoms in total. The Balaban J connectivity index is 0.00000128. The van der Waals surface area contributed by atoms with Crippen molar-refractivity contribution >= 4 is 41.7 Å². The molecular formula is C23H27Cl2N3O2. The van der Waals surface area contributed by atoms with Crippen LogP contribution in [0.3, 0.4) is 0 Å². The Hall–Kier alpha value is -2.05. The van der Waals surface area contributed by atoms with Crippen molar-refractivity contribution in [3.63, 3.8) is 0 Å². The van der Waals surface area contributed by atoms with Gasteiger partial charge in [0, 0.05) is 30.1 Å². The summed E-state index contributed by atoms with van der Waals surface area (Å²) in [5.41, 5.74) is 9.74. The van der Waals surface area contributed by atoms with Gasteiger partial charge in [-0.05, 0) is 49.0 Å². The number of nitrogens with one attached hydrogen (secondary N) is 1. The fraction of sp³-hybridized carbons (Fsp3) is 0.348. The molecule has 0 radical (unpaired) electrons. The lowest BCUT2D eigenvalue weighted by atomic mass is 9.84. The van der Waals surface area contributed by atoms with E-state index in [1.165, 1.54) is 12.8 Å². The highest BCUT2D eigenvalue weighted by Crippen LogP contribution is 2.33. The second-order valence-electron chi connectivity index (χ2n) is 7.91. The van der Waals surface area contributed by atoms with Crippen LogP contribution in [0.5, 0.6) is 0 Å². The number of fused-ring (bicyclic) bond motifs is 4. The lowest BCUT2D eigenvalue weighted by Crippen LogP contribution is -2.57. The molecule has 1 aromatic heterocycles. The summed E-state index contributed by atoms with van der Waals surface area (Å²) in [6, 6.07) is 16.1. The zero-order valence-corrected chi connectivity index (χ0v) is 18.3. The molecule has 1 amide bonds. The summed E-state index contributed by atoms with van der Waals surface area (Å²) in [7, 11) is 0. The van der Waals surface area contributed by atoms with Crippen molar-refractivity contribution in [2.75, 3.05) is 19.6 Å². The molecule has 4 heterocycles. The van der Waals surface area contributed by atoms with Crippen molar-refractivity contribution in [1.29, 1.82) is 0 Å². The number of benzene rings is 2. The Bertz CT molecular complexity index is 1030. The third-order valence-electron chi connectivity index (χ3n) is 6.27. The van der Waals surface area contributed by atoms with E-state index in [4.69, 9.17) is 10.2 Å². The number of carbonyl (C=O) groups excluding carboxylic acids is 1.